The Hall–Kier alpha value is -6.04. The van der Waals surface area contributed by atoms with Gasteiger partial charge >= 0.3 is 0 Å². The first-order chi connectivity index (χ1) is 27.9. The fraction of sp³-hybridized carbons (Fsp3) is 0.391. The van der Waals surface area contributed by atoms with E-state index >= 15 is 0 Å². The highest BCUT2D eigenvalue weighted by Crippen LogP contribution is 2.38. The van der Waals surface area contributed by atoms with Crippen molar-refractivity contribution in [3.8, 4) is 23.0 Å². The summed E-state index contributed by atoms with van der Waals surface area (Å²) >= 11 is 0. The molecule has 6 rings (SSSR count). The lowest BCUT2D eigenvalue weighted by Gasteiger charge is -2.28. The normalized spacial score (nSPS) is 15.4. The second kappa shape index (κ2) is 18.0. The lowest BCUT2D eigenvalue weighted by molar-refractivity contribution is -0.125. The molecular weight excluding hydrogens is 737 g/mol. The number of ether oxygens (including phenoxy) is 2. The Bertz CT molecular complexity index is 2270. The van der Waals surface area contributed by atoms with Gasteiger partial charge in [-0.2, -0.15) is 0 Å². The molecule has 4 aromatic carbocycles. The third kappa shape index (κ3) is 8.75. The van der Waals surface area contributed by atoms with E-state index in [4.69, 9.17) is 9.47 Å². The molecule has 0 aromatic heterocycles. The van der Waals surface area contributed by atoms with Crippen molar-refractivity contribution in [1.82, 2.24) is 10.6 Å². The van der Waals surface area contributed by atoms with Crippen molar-refractivity contribution in [3.63, 3.8) is 0 Å². The van der Waals surface area contributed by atoms with Crippen LogP contribution in [0.2, 0.25) is 0 Å². The monoisotopic (exact) mass is 790 g/mol. The zero-order valence-corrected chi connectivity index (χ0v) is 34.1. The quantitative estimate of drug-likeness (QED) is 0.0715. The minimum Gasteiger partial charge on any atom is -0.504 e. The van der Waals surface area contributed by atoms with Gasteiger partial charge in [-0.15, -0.1) is 0 Å². The lowest BCUT2D eigenvalue weighted by Crippen LogP contribution is -2.48. The number of aryl methyl sites for hydroxylation is 3. The number of anilines is 2. The van der Waals surface area contributed by atoms with Crippen molar-refractivity contribution in [2.45, 2.75) is 91.1 Å². The van der Waals surface area contributed by atoms with Crippen LogP contribution in [0, 0.1) is 11.8 Å². The van der Waals surface area contributed by atoms with Gasteiger partial charge in [-0.25, -0.2) is 0 Å². The standard InChI is InChI=1S/C46H54N4O8/c1-7-25(3)41(45(55)47-29-15-19-37(51)39(22-29)57-5)49-43(53)28-14-18-32-33-17-13-27-11-9-10-12-31(27)35(33)24-36(34(32)21-28)44(54)50-42(26(4)8-2)46(56)48-30-16-20-38(52)40(23-30)58-6/h13,15-17,19-26,41-42,51-52H,7-12,14,18H2,1-6H3,(H,47,55)(H,48,56)(H,49,53)(H,50,54)/t25-,26-,41-,42-/m0/s1. The molecule has 4 amide bonds. The van der Waals surface area contributed by atoms with Gasteiger partial charge in [0.25, 0.3) is 5.91 Å². The van der Waals surface area contributed by atoms with Gasteiger partial charge in [0.1, 0.15) is 12.1 Å². The topological polar surface area (TPSA) is 175 Å². The van der Waals surface area contributed by atoms with Crippen LogP contribution < -0.4 is 30.7 Å². The van der Waals surface area contributed by atoms with Crippen LogP contribution in [-0.2, 0) is 33.6 Å². The average Bonchev–Trinajstić information content (AvgIpc) is 3.24. The number of rotatable bonds is 14. The number of benzene rings is 4. The molecule has 4 aromatic rings. The molecule has 0 saturated carbocycles. The highest BCUT2D eigenvalue weighted by Gasteiger charge is 2.32. The van der Waals surface area contributed by atoms with E-state index in [1.54, 1.807) is 18.2 Å². The second-order valence-corrected chi connectivity index (χ2v) is 15.4. The molecule has 0 unspecified atom stereocenters. The maximum absolute atomic E-state index is 14.6. The van der Waals surface area contributed by atoms with E-state index in [1.807, 2.05) is 33.8 Å². The van der Waals surface area contributed by atoms with Gasteiger partial charge < -0.3 is 41.0 Å². The van der Waals surface area contributed by atoms with E-state index in [2.05, 4.69) is 33.4 Å². The number of amides is 4. The molecule has 12 nitrogen and oxygen atoms in total. The van der Waals surface area contributed by atoms with E-state index in [0.29, 0.717) is 53.8 Å². The first-order valence-corrected chi connectivity index (χ1v) is 20.2. The number of carbonyl (C=O) groups excluding carboxylic acids is 4. The average molecular weight is 791 g/mol. The van der Waals surface area contributed by atoms with Crippen LogP contribution in [0.5, 0.6) is 23.0 Å². The summed E-state index contributed by atoms with van der Waals surface area (Å²) < 4.78 is 10.4. The first kappa shape index (κ1) is 41.6. The SMILES string of the molecule is CC[C@H](C)[C@H](NC(=O)C1=Cc2c(C(=O)N[C@H](C(=O)Nc3ccc(O)c(OC)c3)[C@@H](C)CC)cc3c4c(ccc3c2CC1)CCCC4)C(=O)Nc1ccc(O)c(OC)c1. The summed E-state index contributed by atoms with van der Waals surface area (Å²) in [6.45, 7) is 7.69. The molecule has 6 N–H and O–H groups in total. The van der Waals surface area contributed by atoms with Crippen LogP contribution in [0.3, 0.4) is 0 Å². The van der Waals surface area contributed by atoms with Crippen molar-refractivity contribution in [2.24, 2.45) is 11.8 Å². The molecule has 306 valence electrons. The summed E-state index contributed by atoms with van der Waals surface area (Å²) in [5, 5.41) is 33.9. The number of methoxy groups -OCH3 is 2. The highest BCUT2D eigenvalue weighted by atomic mass is 16.5. The van der Waals surface area contributed by atoms with Crippen LogP contribution in [0.4, 0.5) is 11.4 Å². The Balaban J connectivity index is 1.35. The van der Waals surface area contributed by atoms with E-state index in [9.17, 15) is 29.4 Å². The Morgan fingerprint density at radius 2 is 1.21 bits per heavy atom. The van der Waals surface area contributed by atoms with E-state index < -0.39 is 35.7 Å². The molecule has 0 radical (unpaired) electrons. The summed E-state index contributed by atoms with van der Waals surface area (Å²) in [5.74, 6) is -1.86. The predicted molar refractivity (Wildman–Crippen MR) is 226 cm³/mol. The number of hydrogen-bond acceptors (Lipinski definition) is 8. The van der Waals surface area contributed by atoms with Gasteiger partial charge in [-0.3, -0.25) is 19.2 Å². The molecule has 0 spiro atoms. The summed E-state index contributed by atoms with van der Waals surface area (Å²) in [6, 6.07) is 13.4. The molecule has 12 heteroatoms. The molecule has 0 aliphatic heterocycles. The Kier molecular flexibility index (Phi) is 12.9. The number of carbonyl (C=O) groups is 4. The third-order valence-corrected chi connectivity index (χ3v) is 11.8. The zero-order chi connectivity index (χ0) is 41.7. The van der Waals surface area contributed by atoms with Crippen LogP contribution in [0.25, 0.3) is 16.8 Å². The Labute approximate surface area is 339 Å². The summed E-state index contributed by atoms with van der Waals surface area (Å²) in [5.41, 5.74) is 5.71. The fourth-order valence-electron chi connectivity index (χ4n) is 7.93. The van der Waals surface area contributed by atoms with Crippen molar-refractivity contribution in [2.75, 3.05) is 24.9 Å². The lowest BCUT2D eigenvalue weighted by atomic mass is 9.80. The van der Waals surface area contributed by atoms with Crippen LogP contribution >= 0.6 is 0 Å². The van der Waals surface area contributed by atoms with Crippen molar-refractivity contribution in [3.05, 3.63) is 88.0 Å². The third-order valence-electron chi connectivity index (χ3n) is 11.8. The number of phenols is 2. The van der Waals surface area contributed by atoms with Gasteiger partial charge in [-0.1, -0.05) is 52.7 Å². The molecule has 2 aliphatic carbocycles. The zero-order valence-electron chi connectivity index (χ0n) is 34.1. The Morgan fingerprint density at radius 3 is 1.76 bits per heavy atom. The van der Waals surface area contributed by atoms with Crippen LogP contribution in [0.1, 0.15) is 92.4 Å². The van der Waals surface area contributed by atoms with Gasteiger partial charge in [0, 0.05) is 34.6 Å². The number of aromatic hydroxyl groups is 2. The second-order valence-electron chi connectivity index (χ2n) is 15.4. The van der Waals surface area contributed by atoms with E-state index in [1.165, 1.54) is 49.6 Å². The minimum atomic E-state index is -0.910. The van der Waals surface area contributed by atoms with Gasteiger partial charge in [-0.05, 0) is 120 Å². The molecule has 0 heterocycles. The Morgan fingerprint density at radius 1 is 0.655 bits per heavy atom. The summed E-state index contributed by atoms with van der Waals surface area (Å²) in [4.78, 5) is 56.3. The number of phenolic OH excluding ortho intramolecular Hbond substituents is 2. The predicted octanol–water partition coefficient (Wildman–Crippen LogP) is 7.43. The van der Waals surface area contributed by atoms with Gasteiger partial charge in [0.2, 0.25) is 17.7 Å². The number of hydrogen-bond donors (Lipinski definition) is 6. The maximum atomic E-state index is 14.6. The molecule has 4 atom stereocenters. The molecule has 2 aliphatic rings. The maximum Gasteiger partial charge on any atom is 0.252 e. The first-order valence-electron chi connectivity index (χ1n) is 20.2. The van der Waals surface area contributed by atoms with Crippen LogP contribution in [0.15, 0.2) is 60.2 Å². The largest absolute Gasteiger partial charge is 0.504 e. The molecule has 0 saturated heterocycles. The van der Waals surface area contributed by atoms with Crippen molar-refractivity contribution < 1.29 is 38.9 Å². The van der Waals surface area contributed by atoms with E-state index in [0.717, 1.165) is 42.0 Å². The molecule has 0 fully saturated rings. The number of nitrogens with one attached hydrogen (secondary N) is 4. The summed E-state index contributed by atoms with van der Waals surface area (Å²) in [7, 11) is 2.84. The minimum absolute atomic E-state index is 0.0636. The molecule has 58 heavy (non-hydrogen) atoms. The smallest absolute Gasteiger partial charge is 0.252 e. The number of fused-ring (bicyclic) bond motifs is 5. The van der Waals surface area contributed by atoms with E-state index in [-0.39, 0.29) is 34.8 Å². The van der Waals surface area contributed by atoms with Gasteiger partial charge in [0.05, 0.1) is 14.2 Å². The molecular formula is C46H54N4O8. The highest BCUT2D eigenvalue weighted by molar-refractivity contribution is 6.10. The van der Waals surface area contributed by atoms with Crippen molar-refractivity contribution in [1.29, 1.82) is 0 Å². The molecule has 0 bridgehead atoms. The van der Waals surface area contributed by atoms with Crippen LogP contribution in [-0.4, -0.2) is 60.1 Å². The fourth-order valence-corrected chi connectivity index (χ4v) is 7.93. The van der Waals surface area contributed by atoms with Gasteiger partial charge in [0.15, 0.2) is 23.0 Å². The van der Waals surface area contributed by atoms with Crippen molar-refractivity contribution >= 4 is 51.9 Å². The summed E-state index contributed by atoms with van der Waals surface area (Å²) in [6.07, 6.45) is 7.91.